The second kappa shape index (κ2) is 13.4. The summed E-state index contributed by atoms with van der Waals surface area (Å²) in [4.78, 5) is 11.9. The van der Waals surface area contributed by atoms with Gasteiger partial charge in [-0.1, -0.05) is 117 Å². The number of hydrogen-bond donors (Lipinski definition) is 0. The Morgan fingerprint density at radius 3 is 2.15 bits per heavy atom. The van der Waals surface area contributed by atoms with E-state index in [0.29, 0.717) is 6.67 Å². The first-order valence-corrected chi connectivity index (χ1v) is 20.3. The maximum atomic E-state index is 6.75. The number of ether oxygens (including phenoxy) is 1. The minimum absolute atomic E-state index is 0.120. The van der Waals surface area contributed by atoms with E-state index in [1.165, 1.54) is 50.1 Å². The van der Waals surface area contributed by atoms with E-state index in [1.807, 2.05) is 18.3 Å². The van der Waals surface area contributed by atoms with Gasteiger partial charge in [0.05, 0.1) is 28.1 Å². The molecule has 6 nitrogen and oxygen atoms in total. The first-order chi connectivity index (χ1) is 28.8. The van der Waals surface area contributed by atoms with Crippen molar-refractivity contribution in [3.05, 3.63) is 187 Å². The van der Waals surface area contributed by atoms with Crippen LogP contribution in [0, 0.1) is 0 Å². The van der Waals surface area contributed by atoms with E-state index < -0.39 is 0 Å². The van der Waals surface area contributed by atoms with E-state index in [1.54, 1.807) is 0 Å². The highest BCUT2D eigenvalue weighted by Gasteiger charge is 2.40. The number of fused-ring (bicyclic) bond motifs is 7. The minimum atomic E-state index is -0.120. The number of hydrogen-bond acceptors (Lipinski definition) is 5. The summed E-state index contributed by atoms with van der Waals surface area (Å²) in [6.45, 7) is 5.36. The lowest BCUT2D eigenvalue weighted by Crippen LogP contribution is -2.25. The van der Waals surface area contributed by atoms with Gasteiger partial charge in [0, 0.05) is 77.2 Å². The van der Waals surface area contributed by atoms with Crippen LogP contribution in [-0.2, 0) is 5.41 Å². The molecule has 0 saturated carbocycles. The quantitative estimate of drug-likeness (QED) is 0.161. The molecule has 11 rings (SSSR count). The van der Waals surface area contributed by atoms with Crippen molar-refractivity contribution in [3.63, 3.8) is 0 Å². The van der Waals surface area contributed by atoms with Crippen LogP contribution >= 0.6 is 0 Å². The zero-order valence-corrected chi connectivity index (χ0v) is 33.6. The normalized spacial score (nSPS) is 13.8. The summed E-state index contributed by atoms with van der Waals surface area (Å²) < 4.78 is 8.99. The van der Waals surface area contributed by atoms with Gasteiger partial charge in [-0.25, -0.2) is 4.98 Å². The monoisotopic (exact) mass is 765 g/mol. The Kier molecular flexibility index (Phi) is 7.92. The number of aromatic nitrogens is 2. The van der Waals surface area contributed by atoms with Crippen molar-refractivity contribution in [3.8, 4) is 39.6 Å². The molecule has 286 valence electrons. The Balaban J connectivity index is 0.996. The average molecular weight is 766 g/mol. The van der Waals surface area contributed by atoms with Gasteiger partial charge in [-0.2, -0.15) is 0 Å². The summed E-state index contributed by atoms with van der Waals surface area (Å²) in [5.41, 5.74) is 15.5. The zero-order valence-electron chi connectivity index (χ0n) is 33.6. The first kappa shape index (κ1) is 34.9. The van der Waals surface area contributed by atoms with Crippen molar-refractivity contribution in [2.45, 2.75) is 19.3 Å². The molecule has 2 aromatic heterocycles. The van der Waals surface area contributed by atoms with E-state index in [0.717, 1.165) is 50.8 Å². The molecule has 0 atom stereocenters. The molecule has 1 aliphatic heterocycles. The van der Waals surface area contributed by atoms with Gasteiger partial charge in [0.2, 0.25) is 0 Å². The second-order valence-corrected chi connectivity index (χ2v) is 16.3. The molecule has 0 amide bonds. The van der Waals surface area contributed by atoms with Gasteiger partial charge in [0.15, 0.2) is 0 Å². The molecule has 7 aromatic carbocycles. The van der Waals surface area contributed by atoms with Crippen LogP contribution in [0.5, 0.6) is 11.5 Å². The number of benzene rings is 7. The molecule has 0 fully saturated rings. The summed E-state index contributed by atoms with van der Waals surface area (Å²) in [7, 11) is 4.11. The van der Waals surface area contributed by atoms with Crippen LogP contribution in [0.3, 0.4) is 0 Å². The van der Waals surface area contributed by atoms with Gasteiger partial charge in [-0.15, -0.1) is 0 Å². The molecule has 0 saturated heterocycles. The molecule has 9 aromatic rings. The molecule has 0 bridgehead atoms. The van der Waals surface area contributed by atoms with Crippen molar-refractivity contribution in [1.29, 1.82) is 0 Å². The van der Waals surface area contributed by atoms with Crippen molar-refractivity contribution in [1.82, 2.24) is 9.55 Å². The van der Waals surface area contributed by atoms with Gasteiger partial charge in [-0.3, -0.25) is 4.57 Å². The lowest BCUT2D eigenvalue weighted by molar-refractivity contribution is 0.483. The number of anilines is 5. The molecule has 6 heteroatoms. The average Bonchev–Trinajstić information content (AvgIpc) is 3.89. The van der Waals surface area contributed by atoms with E-state index in [9.17, 15) is 0 Å². The maximum Gasteiger partial charge on any atom is 0.139 e. The van der Waals surface area contributed by atoms with E-state index in [2.05, 4.69) is 205 Å². The fraction of sp³-hybridized carbons (Fsp3) is 0.113. The topological polar surface area (TPSA) is 36.8 Å². The molecule has 0 radical (unpaired) electrons. The van der Waals surface area contributed by atoms with Crippen LogP contribution < -0.4 is 19.4 Å². The van der Waals surface area contributed by atoms with Gasteiger partial charge in [0.1, 0.15) is 24.0 Å². The smallest absolute Gasteiger partial charge is 0.139 e. The third-order valence-corrected chi connectivity index (χ3v) is 12.3. The summed E-state index contributed by atoms with van der Waals surface area (Å²) in [5.74, 6) is 2.40. The summed E-state index contributed by atoms with van der Waals surface area (Å²) in [6, 6.07) is 60.8. The van der Waals surface area contributed by atoms with E-state index in [4.69, 9.17) is 9.72 Å². The molecule has 2 aliphatic rings. The first-order valence-electron chi connectivity index (χ1n) is 20.3. The van der Waals surface area contributed by atoms with Crippen LogP contribution in [0.25, 0.3) is 49.9 Å². The maximum absolute atomic E-state index is 6.75. The number of nitrogens with zero attached hydrogens (tertiary/aromatic N) is 5. The highest BCUT2D eigenvalue weighted by atomic mass is 16.5. The SMILES string of the molecule is CN(C)c1ccnc(-n2c3ccccc3c3ccc(Oc4cccc(N5CN(c6c(-c7ccccc7)ccc7c6-c6ccccc6C7(C)C)c6ccccc65)c4)cc32)c1. The fourth-order valence-electron chi connectivity index (χ4n) is 9.45. The third-order valence-electron chi connectivity index (χ3n) is 12.3. The standard InChI is InChI=1S/C53H43N5O/c1-53(2)44-21-10-8-20-43(44)51-45(53)28-27-40(35-15-6-5-7-16-35)52(51)57-34-56(47-23-12-13-24-48(47)57)37-17-14-18-38(31-37)59-39-25-26-42-41-19-9-11-22-46(41)58(49(42)33-39)50-32-36(55(3)4)29-30-54-50/h5-33H,34H2,1-4H3. The van der Waals surface area contributed by atoms with Crippen LogP contribution in [0.2, 0.25) is 0 Å². The Morgan fingerprint density at radius 1 is 0.576 bits per heavy atom. The molecule has 1 aliphatic carbocycles. The fourth-order valence-corrected chi connectivity index (χ4v) is 9.45. The molecule has 0 spiro atoms. The number of para-hydroxylation sites is 3. The van der Waals surface area contributed by atoms with Gasteiger partial charge >= 0.3 is 0 Å². The minimum Gasteiger partial charge on any atom is -0.457 e. The lowest BCUT2D eigenvalue weighted by atomic mass is 9.82. The van der Waals surface area contributed by atoms with Crippen LogP contribution in [-0.4, -0.2) is 30.3 Å². The molecular formula is C53H43N5O. The Morgan fingerprint density at radius 2 is 1.31 bits per heavy atom. The summed E-state index contributed by atoms with van der Waals surface area (Å²) >= 11 is 0. The lowest BCUT2D eigenvalue weighted by Gasteiger charge is -2.28. The van der Waals surface area contributed by atoms with Crippen molar-refractivity contribution >= 4 is 50.2 Å². The van der Waals surface area contributed by atoms with Gasteiger partial charge < -0.3 is 19.4 Å². The predicted octanol–water partition coefficient (Wildman–Crippen LogP) is 13.3. The van der Waals surface area contributed by atoms with Crippen molar-refractivity contribution < 1.29 is 4.74 Å². The summed E-state index contributed by atoms with van der Waals surface area (Å²) in [5, 5.41) is 2.33. The highest BCUT2D eigenvalue weighted by Crippen LogP contribution is 2.57. The highest BCUT2D eigenvalue weighted by molar-refractivity contribution is 6.09. The molecule has 0 unspecified atom stereocenters. The second-order valence-electron chi connectivity index (χ2n) is 16.3. The molecule has 59 heavy (non-hydrogen) atoms. The molecule has 3 heterocycles. The third kappa shape index (κ3) is 5.51. The number of pyridine rings is 1. The Hall–Kier alpha value is -7.31. The largest absolute Gasteiger partial charge is 0.457 e. The Labute approximate surface area is 344 Å². The van der Waals surface area contributed by atoms with Crippen molar-refractivity contribution in [2.75, 3.05) is 35.5 Å². The van der Waals surface area contributed by atoms with Crippen LogP contribution in [0.15, 0.2) is 176 Å². The van der Waals surface area contributed by atoms with E-state index >= 15 is 0 Å². The van der Waals surface area contributed by atoms with Crippen LogP contribution in [0.1, 0.15) is 25.0 Å². The van der Waals surface area contributed by atoms with Crippen molar-refractivity contribution in [2.24, 2.45) is 0 Å². The molecular weight excluding hydrogens is 723 g/mol. The predicted molar refractivity (Wildman–Crippen MR) is 244 cm³/mol. The van der Waals surface area contributed by atoms with E-state index in [-0.39, 0.29) is 5.41 Å². The van der Waals surface area contributed by atoms with Crippen LogP contribution in [0.4, 0.5) is 28.4 Å². The molecule has 0 N–H and O–H groups in total. The number of rotatable bonds is 7. The zero-order chi connectivity index (χ0) is 39.8. The summed E-state index contributed by atoms with van der Waals surface area (Å²) in [6.07, 6.45) is 1.88. The van der Waals surface area contributed by atoms with Gasteiger partial charge in [0.25, 0.3) is 0 Å². The van der Waals surface area contributed by atoms with Gasteiger partial charge in [-0.05, 0) is 70.8 Å². The Bertz CT molecular complexity index is 3090.